The molecule has 133 heavy (non-hydrogen) atoms. The Kier molecular flexibility index (Phi) is 23.4. The summed E-state index contributed by atoms with van der Waals surface area (Å²) in [4.78, 5) is 108. The van der Waals surface area contributed by atoms with Crippen molar-refractivity contribution in [2.75, 3.05) is 66.5 Å². The van der Waals surface area contributed by atoms with E-state index in [9.17, 15) is 89.4 Å². The molecular weight excluding hydrogens is 1720 g/mol. The summed E-state index contributed by atoms with van der Waals surface area (Å²) in [7, 11) is 4.06. The van der Waals surface area contributed by atoms with Gasteiger partial charge in [-0.3, -0.25) is 53.1 Å². The predicted molar refractivity (Wildman–Crippen MR) is 492 cm³/mol. The van der Waals surface area contributed by atoms with Crippen molar-refractivity contribution in [3.05, 3.63) is 168 Å². The monoisotopic (exact) mass is 1840 g/mol. The number of phenolic OH excluding ortho intramolecular Hbond substituents is 1. The highest BCUT2D eigenvalue weighted by Crippen LogP contribution is 2.67. The molecule has 0 spiro atoms. The van der Waals surface area contributed by atoms with E-state index in [4.69, 9.17) is 50.0 Å². The van der Waals surface area contributed by atoms with Gasteiger partial charge in [0, 0.05) is 163 Å². The number of nitrogens with zero attached hydrogens (tertiary/aromatic N) is 5. The lowest BCUT2D eigenvalue weighted by atomic mass is 9.49. The number of phenols is 5. The minimum Gasteiger partial charge on any atom is -0.507 e. The maximum absolute atomic E-state index is 12.6. The highest BCUT2D eigenvalue weighted by atomic mass is 32.1. The van der Waals surface area contributed by atoms with Gasteiger partial charge in [0.1, 0.15) is 62.6 Å². The van der Waals surface area contributed by atoms with Crippen molar-refractivity contribution in [1.82, 2.24) is 24.5 Å². The van der Waals surface area contributed by atoms with E-state index in [1.807, 2.05) is 43.4 Å². The van der Waals surface area contributed by atoms with E-state index in [0.717, 1.165) is 141 Å². The fourth-order valence-corrected chi connectivity index (χ4v) is 29.9. The van der Waals surface area contributed by atoms with Crippen LogP contribution in [0.1, 0.15) is 275 Å². The molecule has 6 aromatic rings. The van der Waals surface area contributed by atoms with Crippen LogP contribution in [0, 0.1) is 5.92 Å². The summed E-state index contributed by atoms with van der Waals surface area (Å²) in [6, 6.07) is 20.8. The molecule has 4 amide bonds. The summed E-state index contributed by atoms with van der Waals surface area (Å²) in [5, 5.41) is 114. The molecule has 6 saturated carbocycles. The summed E-state index contributed by atoms with van der Waals surface area (Å²) in [6.45, 7) is 7.03. The van der Waals surface area contributed by atoms with Crippen LogP contribution in [0.4, 0.5) is 0 Å². The topological polar surface area (TPSA) is 508 Å². The molecule has 17 aliphatic rings. The van der Waals surface area contributed by atoms with Gasteiger partial charge in [-0.15, -0.1) is 0 Å². The minimum atomic E-state index is -1.17. The predicted octanol–water partition coefficient (Wildman–Crippen LogP) is 6.61. The molecule has 7 heterocycles. The Hall–Kier alpha value is -9.61. The molecule has 16 atom stereocenters. The fourth-order valence-electron chi connectivity index (χ4n) is 29.7. The third-order valence-corrected chi connectivity index (χ3v) is 36.5. The standard InChI is InChI=1S/C22H28N2O5.C22H24N2O5.C22H28N2O3S.C18H22N2O4.C18H24N2O3/c2*23-20(27)16-4-3-13-10-17-22(28)6-5-14(25)11-21(22,18(13)19(16)26)7-8-24(17)12-15-2-1-9-29-15;23-20(28)16-5-4-14-10-17-22(27)7-6-15(25)11-21(22,18(14)19(16)26)8-9-24(17)12-13-2-1-3-13;1-20-7-6-17-9-11(21)4-5-18(17,24)13(20)8-10-2-3-12(16(19)23)15(22)14(10)17;1-20-9-8-17-6-2-3-7-18(17,23)13(20)10-11-4-5-12(16(19)22)15(21)14(11)17/h3-4,15,17,26,28H,1-2,5-12H2,(H2,23,27);1-4,9,17,26,28H,5-8,10-12H2,(H2,23,27);4-5,13,17,26-27H,1-3,6-12H2,(H2,23,28);2-3,13,22,24H,4-9H2,1H3,(H2,19,23);4-5,13,21,23H,2-3,6-10H2,1H3,(H2,19,22)/t15?,17-,21-,22-;2*17-,21-,22-;13-,17-,18-;13-,17+,18-/m11111/s1. The van der Waals surface area contributed by atoms with Gasteiger partial charge in [-0.2, -0.15) is 0 Å². The first-order chi connectivity index (χ1) is 63.3. The van der Waals surface area contributed by atoms with E-state index in [0.29, 0.717) is 151 Å². The van der Waals surface area contributed by atoms with Crippen LogP contribution in [0.3, 0.4) is 0 Å². The quantitative estimate of drug-likeness (QED) is 0.0607. The number of nitrogens with two attached hydrogens (primary N) is 5. The molecule has 6 aliphatic heterocycles. The molecule has 20 N–H and O–H groups in total. The molecular formula is C102H126N10O20S. The summed E-state index contributed by atoms with van der Waals surface area (Å²) < 4.78 is 11.4. The van der Waals surface area contributed by atoms with Crippen LogP contribution in [0.25, 0.3) is 0 Å². The van der Waals surface area contributed by atoms with Crippen LogP contribution in [-0.2, 0) is 89.6 Å². The molecule has 5 aromatic carbocycles. The second-order valence-corrected chi connectivity index (χ2v) is 42.6. The number of furan rings is 1. The van der Waals surface area contributed by atoms with Gasteiger partial charge in [-0.1, -0.05) is 61.8 Å². The number of primary amides is 4. The number of hydrogen-bond acceptors (Lipinski definition) is 26. The van der Waals surface area contributed by atoms with Crippen LogP contribution in [-0.4, -0.2) is 258 Å². The van der Waals surface area contributed by atoms with Crippen molar-refractivity contribution in [1.29, 1.82) is 0 Å². The first kappa shape index (κ1) is 92.5. The van der Waals surface area contributed by atoms with Gasteiger partial charge in [0.05, 0.1) is 74.7 Å². The lowest BCUT2D eigenvalue weighted by Gasteiger charge is -2.63. The fraction of sp³-hybridized carbons (Fsp3) is 0.578. The molecule has 10 bridgehead atoms. The second kappa shape index (κ2) is 33.7. The number of likely N-dealkylation sites (N-methyl/N-ethyl adjacent to an activating group) is 2. The Labute approximate surface area is 777 Å². The second-order valence-electron chi connectivity index (χ2n) is 42.2. The Bertz CT molecular complexity index is 5800. The SMILES string of the molecule is CN1CC[C@]23CC(=O)CC[C@@]2(O)[C@H]1Cc1ccc(C(N)=O)c(O)c13.CN1CC[C@]23CCCC[C@@]2(O)[C@H]1Cc1ccc(C(N)=O)c(O)c13.NC(=O)c1ccc2c(c1O)[C@]13CCN(CC4CCCO4)[C@H](C2)[C@]1(O)CCC(=O)C3.NC(=O)c1ccc2c(c1O)[C@]13CCN(Cc4ccco4)[C@H](C2)[C@]1(O)CCC(=O)C3.NC(=S)c1ccc2c(c1O)[C@]13CCN(CC4CCC4)[C@H](C2)[C@]1(O)CCC(=O)C3. The number of amides is 4. The largest absolute Gasteiger partial charge is 0.507 e. The van der Waals surface area contributed by atoms with E-state index >= 15 is 0 Å². The molecule has 23 rings (SSSR count). The number of Topliss-reactive ketones (excluding diaryl/α,β-unsaturated/α-hetero) is 4. The Balaban J connectivity index is 0.000000107. The lowest BCUT2D eigenvalue weighted by Crippen LogP contribution is -2.73. The van der Waals surface area contributed by atoms with Gasteiger partial charge in [-0.25, -0.2) is 0 Å². The molecule has 0 radical (unpaired) electrons. The average molecular weight is 1840 g/mol. The van der Waals surface area contributed by atoms with Crippen molar-refractivity contribution in [3.63, 3.8) is 0 Å². The number of hydrogen-bond donors (Lipinski definition) is 15. The van der Waals surface area contributed by atoms with Gasteiger partial charge in [0.2, 0.25) is 0 Å². The van der Waals surface area contributed by atoms with Gasteiger partial charge < -0.3 is 98.7 Å². The van der Waals surface area contributed by atoms with E-state index < -0.39 is 78.7 Å². The number of aliphatic hydroxyl groups is 5. The molecule has 1 aromatic heterocycles. The van der Waals surface area contributed by atoms with E-state index in [1.54, 1.807) is 30.5 Å². The van der Waals surface area contributed by atoms with Crippen molar-refractivity contribution < 1.29 is 98.6 Å². The first-order valence-electron chi connectivity index (χ1n) is 48.0. The Morgan fingerprint density at radius 2 is 0.714 bits per heavy atom. The normalized spacial score (nSPS) is 34.8. The molecule has 1 unspecified atom stereocenters. The number of ketones is 4. The third-order valence-electron chi connectivity index (χ3n) is 36.3. The maximum atomic E-state index is 12.6. The summed E-state index contributed by atoms with van der Waals surface area (Å²) >= 11 is 5.13. The number of carbonyl (C=O) groups excluding carboxylic acids is 8. The summed E-state index contributed by atoms with van der Waals surface area (Å²) in [5.41, 5.74) is 27.3. The number of carbonyl (C=O) groups is 8. The van der Waals surface area contributed by atoms with Crippen LogP contribution >= 0.6 is 12.2 Å². The van der Waals surface area contributed by atoms with Gasteiger partial charge in [-0.05, 0) is 245 Å². The van der Waals surface area contributed by atoms with Gasteiger partial charge in [0.15, 0.2) is 0 Å². The Morgan fingerprint density at radius 1 is 0.383 bits per heavy atom. The number of aromatic hydroxyl groups is 5. The van der Waals surface area contributed by atoms with E-state index in [2.05, 4.69) is 31.5 Å². The van der Waals surface area contributed by atoms with Crippen LogP contribution in [0.15, 0.2) is 83.5 Å². The Morgan fingerprint density at radius 3 is 1.08 bits per heavy atom. The number of likely N-dealkylation sites (tertiary alicyclic amines) is 5. The smallest absolute Gasteiger partial charge is 0.252 e. The zero-order chi connectivity index (χ0) is 94.1. The number of rotatable bonds is 11. The molecule has 6 saturated heterocycles. The number of thiocarbonyl (C=S) groups is 1. The van der Waals surface area contributed by atoms with Crippen molar-refractivity contribution in [3.8, 4) is 28.7 Å². The number of piperidine rings is 5. The van der Waals surface area contributed by atoms with E-state index in [1.165, 1.54) is 31.4 Å². The highest BCUT2D eigenvalue weighted by Gasteiger charge is 2.72. The minimum absolute atomic E-state index is 0.00155. The average Bonchev–Trinajstić information content (AvgIpc) is 1.60. The van der Waals surface area contributed by atoms with Crippen molar-refractivity contribution in [2.24, 2.45) is 34.6 Å². The van der Waals surface area contributed by atoms with Crippen LogP contribution in [0.5, 0.6) is 28.7 Å². The van der Waals surface area contributed by atoms with Gasteiger partial charge >= 0.3 is 0 Å². The molecule has 11 aliphatic carbocycles. The lowest BCUT2D eigenvalue weighted by molar-refractivity contribution is -0.176. The summed E-state index contributed by atoms with van der Waals surface area (Å²) in [6.07, 6.45) is 21.5. The molecule has 31 heteroatoms. The third kappa shape index (κ3) is 14.0. The van der Waals surface area contributed by atoms with Crippen molar-refractivity contribution in [2.45, 2.75) is 297 Å². The number of benzene rings is 5. The molecule has 30 nitrogen and oxygen atoms in total. The molecule has 710 valence electrons. The van der Waals surface area contributed by atoms with Crippen molar-refractivity contribution >= 4 is 64.0 Å². The maximum Gasteiger partial charge on any atom is 0.252 e. The number of fused-ring (bicyclic) bond motifs is 5. The zero-order valence-electron chi connectivity index (χ0n) is 75.9. The summed E-state index contributed by atoms with van der Waals surface area (Å²) in [5.74, 6) is -1.17. The van der Waals surface area contributed by atoms with E-state index in [-0.39, 0.29) is 135 Å². The number of ether oxygens (including phenoxy) is 1. The van der Waals surface area contributed by atoms with Crippen LogP contribution in [0.2, 0.25) is 0 Å². The van der Waals surface area contributed by atoms with Crippen LogP contribution < -0.4 is 28.7 Å². The first-order valence-corrected chi connectivity index (χ1v) is 48.4. The molecule has 12 fully saturated rings. The highest BCUT2D eigenvalue weighted by molar-refractivity contribution is 7.80. The van der Waals surface area contributed by atoms with Gasteiger partial charge in [0.25, 0.3) is 23.6 Å². The zero-order valence-corrected chi connectivity index (χ0v) is 76.7.